The van der Waals surface area contributed by atoms with Crippen LogP contribution in [0.4, 0.5) is 4.39 Å². The van der Waals surface area contributed by atoms with Gasteiger partial charge in [-0.15, -0.1) is 0 Å². The van der Waals surface area contributed by atoms with E-state index >= 15 is 0 Å². The van der Waals surface area contributed by atoms with Crippen molar-refractivity contribution < 1.29 is 17.9 Å². The van der Waals surface area contributed by atoms with E-state index in [0.29, 0.717) is 5.56 Å². The molecule has 0 spiro atoms. The summed E-state index contributed by atoms with van der Waals surface area (Å²) in [7, 11) is -4.09. The molecule has 21 heavy (non-hydrogen) atoms. The van der Waals surface area contributed by atoms with Gasteiger partial charge in [0.1, 0.15) is 10.7 Å². The Labute approximate surface area is 123 Å². The predicted octanol–water partition coefficient (Wildman–Crippen LogP) is 2.01. The quantitative estimate of drug-likeness (QED) is 0.888. The second-order valence-electron chi connectivity index (χ2n) is 4.89. The van der Waals surface area contributed by atoms with Crippen LogP contribution in [0.2, 0.25) is 0 Å². The highest BCUT2D eigenvalue weighted by molar-refractivity contribution is 7.89. The molecule has 0 fully saturated rings. The lowest BCUT2D eigenvalue weighted by Gasteiger charge is -2.29. The maximum atomic E-state index is 13.7. The standard InChI is InChI=1S/C15H16FNO3S/c1-15(11-18,12-7-3-2-4-8-12)17-21(19,20)14-10-6-5-9-13(14)16/h2-10,17-18H,11H2,1H3. The zero-order valence-corrected chi connectivity index (χ0v) is 12.3. The predicted molar refractivity (Wildman–Crippen MR) is 77.6 cm³/mol. The van der Waals surface area contributed by atoms with E-state index < -0.39 is 32.9 Å². The van der Waals surface area contributed by atoms with Gasteiger partial charge in [-0.25, -0.2) is 12.8 Å². The van der Waals surface area contributed by atoms with E-state index in [1.165, 1.54) is 18.2 Å². The van der Waals surface area contributed by atoms with Crippen LogP contribution in [0.25, 0.3) is 0 Å². The average Bonchev–Trinajstić information content (AvgIpc) is 2.48. The monoisotopic (exact) mass is 309 g/mol. The first-order valence-electron chi connectivity index (χ1n) is 6.34. The molecule has 6 heteroatoms. The molecule has 112 valence electrons. The largest absolute Gasteiger partial charge is 0.394 e. The number of nitrogens with one attached hydrogen (secondary N) is 1. The summed E-state index contributed by atoms with van der Waals surface area (Å²) in [4.78, 5) is -0.444. The topological polar surface area (TPSA) is 66.4 Å². The minimum Gasteiger partial charge on any atom is -0.394 e. The molecule has 0 heterocycles. The van der Waals surface area contributed by atoms with E-state index in [2.05, 4.69) is 4.72 Å². The Bertz CT molecular complexity index is 719. The Morgan fingerprint density at radius 2 is 1.67 bits per heavy atom. The molecule has 0 radical (unpaired) electrons. The van der Waals surface area contributed by atoms with E-state index in [-0.39, 0.29) is 0 Å². The minimum absolute atomic E-state index is 0.444. The van der Waals surface area contributed by atoms with Crippen LogP contribution in [0.3, 0.4) is 0 Å². The number of sulfonamides is 1. The third-order valence-electron chi connectivity index (χ3n) is 3.21. The average molecular weight is 309 g/mol. The molecule has 2 rings (SSSR count). The summed E-state index contributed by atoms with van der Waals surface area (Å²) >= 11 is 0. The van der Waals surface area contributed by atoms with Gasteiger partial charge in [0.25, 0.3) is 0 Å². The molecular weight excluding hydrogens is 293 g/mol. The van der Waals surface area contributed by atoms with Gasteiger partial charge in [-0.05, 0) is 24.6 Å². The Balaban J connectivity index is 2.41. The number of aliphatic hydroxyl groups excluding tert-OH is 1. The maximum Gasteiger partial charge on any atom is 0.244 e. The fourth-order valence-electron chi connectivity index (χ4n) is 2.00. The Hall–Kier alpha value is -1.76. The van der Waals surface area contributed by atoms with Crippen molar-refractivity contribution in [2.24, 2.45) is 0 Å². The van der Waals surface area contributed by atoms with Crippen molar-refractivity contribution in [3.8, 4) is 0 Å². The summed E-state index contributed by atoms with van der Waals surface area (Å²) < 4.78 is 40.7. The normalized spacial score (nSPS) is 14.6. The van der Waals surface area contributed by atoms with E-state index in [1.807, 2.05) is 0 Å². The number of halogens is 1. The van der Waals surface area contributed by atoms with Gasteiger partial charge in [0.2, 0.25) is 10.0 Å². The van der Waals surface area contributed by atoms with Crippen LogP contribution in [-0.4, -0.2) is 20.1 Å². The van der Waals surface area contributed by atoms with E-state index in [9.17, 15) is 17.9 Å². The number of aliphatic hydroxyl groups is 1. The highest BCUT2D eigenvalue weighted by atomic mass is 32.2. The zero-order valence-electron chi connectivity index (χ0n) is 11.5. The van der Waals surface area contributed by atoms with Gasteiger partial charge in [-0.2, -0.15) is 4.72 Å². The molecule has 0 aromatic heterocycles. The van der Waals surface area contributed by atoms with Gasteiger partial charge < -0.3 is 5.11 Å². The summed E-state index contributed by atoms with van der Waals surface area (Å²) in [5.41, 5.74) is -0.644. The van der Waals surface area contributed by atoms with Crippen LogP contribution in [0.15, 0.2) is 59.5 Å². The van der Waals surface area contributed by atoms with Crippen molar-refractivity contribution in [2.45, 2.75) is 17.4 Å². The molecule has 2 aromatic rings. The fraction of sp³-hybridized carbons (Fsp3) is 0.200. The first kappa shape index (κ1) is 15.6. The Morgan fingerprint density at radius 3 is 2.24 bits per heavy atom. The Morgan fingerprint density at radius 1 is 1.10 bits per heavy atom. The fourth-order valence-corrected chi connectivity index (χ4v) is 3.47. The molecular formula is C15H16FNO3S. The van der Waals surface area contributed by atoms with Gasteiger partial charge >= 0.3 is 0 Å². The molecule has 0 saturated heterocycles. The molecule has 1 atom stereocenters. The summed E-state index contributed by atoms with van der Waals surface area (Å²) in [6, 6.07) is 13.8. The summed E-state index contributed by atoms with van der Waals surface area (Å²) in [5.74, 6) is -0.835. The first-order chi connectivity index (χ1) is 9.89. The van der Waals surface area contributed by atoms with Crippen LogP contribution in [0.1, 0.15) is 12.5 Å². The third-order valence-corrected chi connectivity index (χ3v) is 4.84. The number of hydrogen-bond donors (Lipinski definition) is 2. The summed E-state index contributed by atoms with van der Waals surface area (Å²) in [6.07, 6.45) is 0. The lowest BCUT2D eigenvalue weighted by molar-refractivity contribution is 0.196. The van der Waals surface area contributed by atoms with Crippen molar-refractivity contribution in [1.29, 1.82) is 0 Å². The molecule has 4 nitrogen and oxygen atoms in total. The summed E-state index contributed by atoms with van der Waals surface area (Å²) in [5, 5.41) is 9.60. The molecule has 2 aromatic carbocycles. The molecule has 0 saturated carbocycles. The van der Waals surface area contributed by atoms with Crippen LogP contribution in [0, 0.1) is 5.82 Å². The number of hydrogen-bond acceptors (Lipinski definition) is 3. The van der Waals surface area contributed by atoms with Crippen molar-refractivity contribution in [2.75, 3.05) is 6.61 Å². The molecule has 1 unspecified atom stereocenters. The second-order valence-corrected chi connectivity index (χ2v) is 6.54. The van der Waals surface area contributed by atoms with Crippen LogP contribution in [-0.2, 0) is 15.6 Å². The zero-order chi connectivity index (χ0) is 15.5. The smallest absolute Gasteiger partial charge is 0.244 e. The van der Waals surface area contributed by atoms with E-state index in [4.69, 9.17) is 0 Å². The van der Waals surface area contributed by atoms with Gasteiger partial charge in [0.05, 0.1) is 12.1 Å². The highest BCUT2D eigenvalue weighted by Gasteiger charge is 2.32. The summed E-state index contributed by atoms with van der Waals surface area (Å²) in [6.45, 7) is 1.09. The van der Waals surface area contributed by atoms with Gasteiger partial charge in [-0.3, -0.25) is 0 Å². The highest BCUT2D eigenvalue weighted by Crippen LogP contribution is 2.24. The molecule has 0 amide bonds. The molecule has 0 aliphatic heterocycles. The van der Waals surface area contributed by atoms with Crippen molar-refractivity contribution in [3.05, 3.63) is 66.0 Å². The number of benzene rings is 2. The van der Waals surface area contributed by atoms with Crippen molar-refractivity contribution in [3.63, 3.8) is 0 Å². The van der Waals surface area contributed by atoms with Crippen LogP contribution in [0.5, 0.6) is 0 Å². The van der Waals surface area contributed by atoms with Crippen molar-refractivity contribution >= 4 is 10.0 Å². The van der Waals surface area contributed by atoms with E-state index in [1.54, 1.807) is 37.3 Å². The van der Waals surface area contributed by atoms with Crippen molar-refractivity contribution in [1.82, 2.24) is 4.72 Å². The number of rotatable bonds is 5. The second kappa shape index (κ2) is 5.93. The van der Waals surface area contributed by atoms with Crippen LogP contribution >= 0.6 is 0 Å². The molecule has 0 aliphatic carbocycles. The first-order valence-corrected chi connectivity index (χ1v) is 7.82. The third kappa shape index (κ3) is 3.29. The van der Waals surface area contributed by atoms with Gasteiger partial charge in [-0.1, -0.05) is 42.5 Å². The van der Waals surface area contributed by atoms with Gasteiger partial charge in [0.15, 0.2) is 0 Å². The SMILES string of the molecule is CC(CO)(NS(=O)(=O)c1ccccc1F)c1ccccc1. The lowest BCUT2D eigenvalue weighted by Crippen LogP contribution is -2.46. The molecule has 2 N–H and O–H groups in total. The maximum absolute atomic E-state index is 13.7. The lowest BCUT2D eigenvalue weighted by atomic mass is 9.94. The molecule has 0 bridgehead atoms. The van der Waals surface area contributed by atoms with E-state index in [0.717, 1.165) is 6.07 Å². The van der Waals surface area contributed by atoms with Gasteiger partial charge in [0, 0.05) is 0 Å². The van der Waals surface area contributed by atoms with Crippen LogP contribution < -0.4 is 4.72 Å². The Kier molecular flexibility index (Phi) is 4.41. The molecule has 0 aliphatic rings. The minimum atomic E-state index is -4.09.